The standard InChI is InChI=1S/C16H19BrN2O2/c17-14-6-5-13(16-12(14)4-1-7-18-16)15(10-20)19-9-11-3-2-8-21-11/h1,4-7,11,15,19-20H,2-3,8-10H2. The fourth-order valence-corrected chi connectivity index (χ4v) is 3.24. The monoisotopic (exact) mass is 350 g/mol. The molecule has 0 bridgehead atoms. The SMILES string of the molecule is OCC(NCC1CCCO1)c1ccc(Br)c2cccnc12. The van der Waals surface area contributed by atoms with Crippen molar-refractivity contribution in [3.8, 4) is 0 Å². The molecule has 1 aliphatic heterocycles. The third kappa shape index (κ3) is 3.26. The lowest BCUT2D eigenvalue weighted by Gasteiger charge is -2.20. The van der Waals surface area contributed by atoms with Crippen molar-refractivity contribution >= 4 is 26.8 Å². The molecule has 21 heavy (non-hydrogen) atoms. The normalized spacial score (nSPS) is 20.0. The fraction of sp³-hybridized carbons (Fsp3) is 0.438. The first-order chi connectivity index (χ1) is 10.3. The van der Waals surface area contributed by atoms with E-state index in [4.69, 9.17) is 4.74 Å². The molecule has 2 aromatic rings. The van der Waals surface area contributed by atoms with Crippen LogP contribution in [-0.2, 0) is 4.74 Å². The van der Waals surface area contributed by atoms with Crippen LogP contribution in [0.25, 0.3) is 10.9 Å². The molecule has 0 aliphatic carbocycles. The fourth-order valence-electron chi connectivity index (χ4n) is 2.79. The van der Waals surface area contributed by atoms with Gasteiger partial charge in [-0.05, 0) is 30.5 Å². The second kappa shape index (κ2) is 6.83. The first kappa shape index (κ1) is 14.9. The lowest BCUT2D eigenvalue weighted by atomic mass is 10.0. The van der Waals surface area contributed by atoms with E-state index in [2.05, 4.69) is 26.2 Å². The van der Waals surface area contributed by atoms with Gasteiger partial charge in [-0.2, -0.15) is 0 Å². The van der Waals surface area contributed by atoms with E-state index in [1.165, 1.54) is 0 Å². The zero-order valence-corrected chi connectivity index (χ0v) is 13.3. The summed E-state index contributed by atoms with van der Waals surface area (Å²) < 4.78 is 6.64. The van der Waals surface area contributed by atoms with Gasteiger partial charge in [-0.25, -0.2) is 0 Å². The van der Waals surface area contributed by atoms with Crippen LogP contribution < -0.4 is 5.32 Å². The summed E-state index contributed by atoms with van der Waals surface area (Å²) in [5, 5.41) is 14.2. The Bertz CT molecular complexity index is 614. The van der Waals surface area contributed by atoms with E-state index in [0.717, 1.165) is 46.9 Å². The maximum absolute atomic E-state index is 9.74. The molecule has 2 atom stereocenters. The second-order valence-corrected chi connectivity index (χ2v) is 6.17. The van der Waals surface area contributed by atoms with E-state index >= 15 is 0 Å². The Labute approximate surface area is 132 Å². The van der Waals surface area contributed by atoms with Crippen LogP contribution in [0.15, 0.2) is 34.9 Å². The van der Waals surface area contributed by atoms with Gasteiger partial charge >= 0.3 is 0 Å². The van der Waals surface area contributed by atoms with E-state index in [1.807, 2.05) is 24.3 Å². The van der Waals surface area contributed by atoms with Gasteiger partial charge < -0.3 is 15.2 Å². The van der Waals surface area contributed by atoms with Gasteiger partial charge in [0.25, 0.3) is 0 Å². The van der Waals surface area contributed by atoms with E-state index in [1.54, 1.807) is 6.20 Å². The Morgan fingerprint density at radius 1 is 1.43 bits per heavy atom. The number of pyridine rings is 1. The minimum atomic E-state index is -0.125. The van der Waals surface area contributed by atoms with Gasteiger partial charge in [0.15, 0.2) is 0 Å². The Morgan fingerprint density at radius 3 is 3.10 bits per heavy atom. The van der Waals surface area contributed by atoms with E-state index < -0.39 is 0 Å². The molecule has 0 saturated carbocycles. The lowest BCUT2D eigenvalue weighted by molar-refractivity contribution is 0.104. The van der Waals surface area contributed by atoms with Crippen LogP contribution in [0.2, 0.25) is 0 Å². The number of fused-ring (bicyclic) bond motifs is 1. The number of benzene rings is 1. The summed E-state index contributed by atoms with van der Waals surface area (Å²) in [7, 11) is 0. The van der Waals surface area contributed by atoms with Crippen LogP contribution in [0.3, 0.4) is 0 Å². The number of hydrogen-bond acceptors (Lipinski definition) is 4. The summed E-state index contributed by atoms with van der Waals surface area (Å²) in [6, 6.07) is 7.85. The van der Waals surface area contributed by atoms with Crippen molar-refractivity contribution in [3.63, 3.8) is 0 Å². The number of nitrogens with one attached hydrogen (secondary N) is 1. The molecule has 2 N–H and O–H groups in total. The molecular formula is C16H19BrN2O2. The van der Waals surface area contributed by atoms with Crippen molar-refractivity contribution in [1.29, 1.82) is 0 Å². The third-order valence-electron chi connectivity index (χ3n) is 3.92. The van der Waals surface area contributed by atoms with Crippen molar-refractivity contribution in [1.82, 2.24) is 10.3 Å². The van der Waals surface area contributed by atoms with E-state index in [-0.39, 0.29) is 18.8 Å². The van der Waals surface area contributed by atoms with Gasteiger partial charge in [-0.3, -0.25) is 4.98 Å². The third-order valence-corrected chi connectivity index (χ3v) is 4.61. The summed E-state index contributed by atoms with van der Waals surface area (Å²) >= 11 is 3.55. The number of hydrogen-bond donors (Lipinski definition) is 2. The highest BCUT2D eigenvalue weighted by Gasteiger charge is 2.19. The van der Waals surface area contributed by atoms with Gasteiger partial charge in [0, 0.05) is 29.2 Å². The molecule has 1 aliphatic rings. The van der Waals surface area contributed by atoms with Gasteiger partial charge in [-0.1, -0.05) is 28.1 Å². The second-order valence-electron chi connectivity index (χ2n) is 5.31. The van der Waals surface area contributed by atoms with E-state index in [9.17, 15) is 5.11 Å². The minimum absolute atomic E-state index is 0.0417. The number of rotatable bonds is 5. The van der Waals surface area contributed by atoms with Crippen LogP contribution in [0, 0.1) is 0 Å². The molecule has 0 spiro atoms. The number of aliphatic hydroxyl groups excluding tert-OH is 1. The number of halogens is 1. The van der Waals surface area contributed by atoms with Crippen molar-refractivity contribution in [2.75, 3.05) is 19.8 Å². The first-order valence-corrected chi connectivity index (χ1v) is 8.08. The minimum Gasteiger partial charge on any atom is -0.394 e. The maximum atomic E-state index is 9.74. The van der Waals surface area contributed by atoms with Gasteiger partial charge in [0.05, 0.1) is 24.3 Å². The number of ether oxygens (including phenoxy) is 1. The van der Waals surface area contributed by atoms with Crippen LogP contribution in [0.5, 0.6) is 0 Å². The van der Waals surface area contributed by atoms with Crippen molar-refractivity contribution in [2.24, 2.45) is 0 Å². The largest absolute Gasteiger partial charge is 0.394 e. The molecule has 2 heterocycles. The smallest absolute Gasteiger partial charge is 0.0761 e. The van der Waals surface area contributed by atoms with Crippen LogP contribution in [0.4, 0.5) is 0 Å². The summed E-state index contributed by atoms with van der Waals surface area (Å²) in [6.45, 7) is 1.65. The number of nitrogens with zero attached hydrogens (tertiary/aromatic N) is 1. The van der Waals surface area contributed by atoms with Gasteiger partial charge in [0.1, 0.15) is 0 Å². The molecule has 5 heteroatoms. The predicted molar refractivity (Wildman–Crippen MR) is 86.2 cm³/mol. The molecule has 2 unspecified atom stereocenters. The Kier molecular flexibility index (Phi) is 4.85. The average Bonchev–Trinajstić information content (AvgIpc) is 3.03. The van der Waals surface area contributed by atoms with Crippen LogP contribution in [0.1, 0.15) is 24.4 Å². The number of aliphatic hydroxyl groups is 1. The molecule has 4 nitrogen and oxygen atoms in total. The lowest BCUT2D eigenvalue weighted by Crippen LogP contribution is -2.32. The maximum Gasteiger partial charge on any atom is 0.0761 e. The summed E-state index contributed by atoms with van der Waals surface area (Å²) in [6.07, 6.45) is 4.25. The topological polar surface area (TPSA) is 54.4 Å². The molecule has 1 aromatic heterocycles. The Morgan fingerprint density at radius 2 is 2.33 bits per heavy atom. The molecule has 0 radical (unpaired) electrons. The summed E-state index contributed by atoms with van der Waals surface area (Å²) in [5.41, 5.74) is 1.94. The van der Waals surface area contributed by atoms with E-state index in [0.29, 0.717) is 0 Å². The van der Waals surface area contributed by atoms with Gasteiger partial charge in [-0.15, -0.1) is 0 Å². The molecule has 3 rings (SSSR count). The molecular weight excluding hydrogens is 332 g/mol. The highest BCUT2D eigenvalue weighted by atomic mass is 79.9. The van der Waals surface area contributed by atoms with Crippen molar-refractivity contribution in [2.45, 2.75) is 25.0 Å². The summed E-state index contributed by atoms with van der Waals surface area (Å²) in [4.78, 5) is 4.48. The van der Waals surface area contributed by atoms with Gasteiger partial charge in [0.2, 0.25) is 0 Å². The quantitative estimate of drug-likeness (QED) is 0.870. The number of aromatic nitrogens is 1. The van der Waals surface area contributed by atoms with Crippen molar-refractivity contribution in [3.05, 3.63) is 40.5 Å². The Hall–Kier alpha value is -1.01. The van der Waals surface area contributed by atoms with Crippen LogP contribution in [-0.4, -0.2) is 36.0 Å². The highest BCUT2D eigenvalue weighted by Crippen LogP contribution is 2.28. The highest BCUT2D eigenvalue weighted by molar-refractivity contribution is 9.10. The molecule has 1 fully saturated rings. The summed E-state index contributed by atoms with van der Waals surface area (Å²) in [5.74, 6) is 0. The predicted octanol–water partition coefficient (Wildman–Crippen LogP) is 2.80. The van der Waals surface area contributed by atoms with Crippen LogP contribution >= 0.6 is 15.9 Å². The average molecular weight is 351 g/mol. The Balaban J connectivity index is 1.84. The molecule has 112 valence electrons. The zero-order valence-electron chi connectivity index (χ0n) is 11.8. The molecule has 0 amide bonds. The zero-order chi connectivity index (χ0) is 14.7. The molecule has 1 saturated heterocycles. The molecule has 1 aromatic carbocycles. The van der Waals surface area contributed by atoms with Crippen molar-refractivity contribution < 1.29 is 9.84 Å². The first-order valence-electron chi connectivity index (χ1n) is 7.28.